The Morgan fingerprint density at radius 2 is 2.31 bits per heavy atom. The number of aromatic amines is 1. The van der Waals surface area contributed by atoms with Gasteiger partial charge in [0.25, 0.3) is 0 Å². The lowest BCUT2D eigenvalue weighted by atomic mass is 10.3. The number of aryl methyl sites for hydroxylation is 1. The van der Waals surface area contributed by atoms with Gasteiger partial charge in [0, 0.05) is 12.6 Å². The zero-order valence-electron chi connectivity index (χ0n) is 8.46. The third-order valence-corrected chi connectivity index (χ3v) is 3.30. The number of hydrogen-bond donors (Lipinski definition) is 1. The van der Waals surface area contributed by atoms with E-state index in [0.29, 0.717) is 9.24 Å². The third-order valence-electron chi connectivity index (χ3n) is 2.37. The first-order valence-corrected chi connectivity index (χ1v) is 6.02. The Hall–Kier alpha value is -0.940. The molecule has 0 spiro atoms. The number of nitrogens with zero attached hydrogens (tertiary/aromatic N) is 1. The summed E-state index contributed by atoms with van der Waals surface area (Å²) in [6.07, 6.45) is 2.66. The number of nitrogens with one attached hydrogen (secondary N) is 1. The minimum absolute atomic E-state index is 0.292. The van der Waals surface area contributed by atoms with E-state index in [4.69, 9.17) is 12.2 Å². The highest BCUT2D eigenvalue weighted by Gasteiger charge is 2.07. The number of imidazole rings is 1. The van der Waals surface area contributed by atoms with E-state index in [1.165, 1.54) is 6.07 Å². The molecule has 1 aromatic heterocycles. The van der Waals surface area contributed by atoms with Crippen molar-refractivity contribution < 1.29 is 4.39 Å². The smallest absolute Gasteiger partial charge is 0.178 e. The molecule has 2 nitrogen and oxygen atoms in total. The Kier molecular flexibility index (Phi) is 3.25. The molecular formula is C11H10BrFN2S. The van der Waals surface area contributed by atoms with Crippen molar-refractivity contribution in [2.45, 2.75) is 13.0 Å². The maximum Gasteiger partial charge on any atom is 0.178 e. The van der Waals surface area contributed by atoms with Gasteiger partial charge in [-0.1, -0.05) is 6.08 Å². The topological polar surface area (TPSA) is 20.7 Å². The van der Waals surface area contributed by atoms with Crippen LogP contribution in [-0.2, 0) is 6.54 Å². The van der Waals surface area contributed by atoms with Gasteiger partial charge in [-0.25, -0.2) is 4.39 Å². The second-order valence-corrected chi connectivity index (χ2v) is 4.68. The van der Waals surface area contributed by atoms with Crippen molar-refractivity contribution in [2.75, 3.05) is 0 Å². The molecule has 0 aliphatic rings. The first-order valence-electron chi connectivity index (χ1n) is 4.82. The zero-order chi connectivity index (χ0) is 11.7. The van der Waals surface area contributed by atoms with E-state index in [0.717, 1.165) is 24.0 Å². The monoisotopic (exact) mass is 300 g/mol. The minimum atomic E-state index is -0.292. The molecule has 0 unspecified atom stereocenters. The van der Waals surface area contributed by atoms with Crippen LogP contribution in [0.25, 0.3) is 11.0 Å². The highest BCUT2D eigenvalue weighted by atomic mass is 79.9. The Balaban J connectivity index is 2.64. The summed E-state index contributed by atoms with van der Waals surface area (Å²) < 4.78 is 16.3. The third kappa shape index (κ3) is 1.97. The van der Waals surface area contributed by atoms with Crippen LogP contribution < -0.4 is 0 Å². The summed E-state index contributed by atoms with van der Waals surface area (Å²) in [4.78, 5) is 2.99. The van der Waals surface area contributed by atoms with Gasteiger partial charge in [0.15, 0.2) is 4.77 Å². The molecule has 0 bridgehead atoms. The Bertz CT molecular complexity index is 600. The largest absolute Gasteiger partial charge is 0.330 e. The van der Waals surface area contributed by atoms with Crippen molar-refractivity contribution in [3.63, 3.8) is 0 Å². The number of rotatable bonds is 3. The minimum Gasteiger partial charge on any atom is -0.330 e. The molecule has 0 saturated heterocycles. The number of benzene rings is 1. The fourth-order valence-electron chi connectivity index (χ4n) is 1.59. The summed E-state index contributed by atoms with van der Waals surface area (Å²) in [5, 5.41) is 0. The summed E-state index contributed by atoms with van der Waals surface area (Å²) in [5.41, 5.74) is 1.62. The highest BCUT2D eigenvalue weighted by Crippen LogP contribution is 2.23. The molecule has 0 fully saturated rings. The van der Waals surface area contributed by atoms with E-state index in [1.54, 1.807) is 6.07 Å². The predicted molar refractivity (Wildman–Crippen MR) is 69.6 cm³/mol. The van der Waals surface area contributed by atoms with E-state index in [-0.39, 0.29) is 5.82 Å². The first-order chi connectivity index (χ1) is 7.63. The van der Waals surface area contributed by atoms with E-state index in [2.05, 4.69) is 27.5 Å². The van der Waals surface area contributed by atoms with Gasteiger partial charge in [0.2, 0.25) is 0 Å². The Morgan fingerprint density at radius 1 is 1.56 bits per heavy atom. The molecule has 1 heterocycles. The molecule has 0 aliphatic heterocycles. The second kappa shape index (κ2) is 4.51. The Morgan fingerprint density at radius 3 is 3.00 bits per heavy atom. The van der Waals surface area contributed by atoms with Crippen LogP contribution in [0.2, 0.25) is 0 Å². The molecule has 1 N–H and O–H groups in total. The van der Waals surface area contributed by atoms with Crippen LogP contribution in [-0.4, -0.2) is 9.55 Å². The normalized spacial score (nSPS) is 10.9. The lowest BCUT2D eigenvalue weighted by Crippen LogP contribution is -1.96. The van der Waals surface area contributed by atoms with Crippen LogP contribution in [0, 0.1) is 10.6 Å². The fourth-order valence-corrected chi connectivity index (χ4v) is 2.23. The average molecular weight is 301 g/mol. The molecule has 0 amide bonds. The molecule has 0 radical (unpaired) electrons. The summed E-state index contributed by atoms with van der Waals surface area (Å²) >= 11 is 8.36. The predicted octanol–water partition coefficient (Wildman–Crippen LogP) is 4.18. The summed E-state index contributed by atoms with van der Waals surface area (Å²) in [6.45, 7) is 4.43. The second-order valence-electron chi connectivity index (χ2n) is 3.44. The van der Waals surface area contributed by atoms with Gasteiger partial charge >= 0.3 is 0 Å². The Labute approximate surface area is 106 Å². The van der Waals surface area contributed by atoms with Crippen LogP contribution in [0.5, 0.6) is 0 Å². The number of H-pyrrole nitrogens is 1. The summed E-state index contributed by atoms with van der Waals surface area (Å²) in [7, 11) is 0. The number of allylic oxidation sites excluding steroid dienone is 1. The lowest BCUT2D eigenvalue weighted by Gasteiger charge is -2.02. The average Bonchev–Trinajstić information content (AvgIpc) is 2.52. The van der Waals surface area contributed by atoms with Gasteiger partial charge < -0.3 is 9.55 Å². The SMILES string of the molecule is C=CCCn1c(=S)[nH]c2cc(F)c(Br)cc21. The molecule has 0 atom stereocenters. The van der Waals surface area contributed by atoms with E-state index in [9.17, 15) is 4.39 Å². The number of hydrogen-bond acceptors (Lipinski definition) is 1. The zero-order valence-corrected chi connectivity index (χ0v) is 10.9. The van der Waals surface area contributed by atoms with Crippen LogP contribution in [0.1, 0.15) is 6.42 Å². The van der Waals surface area contributed by atoms with Crippen LogP contribution >= 0.6 is 28.1 Å². The quantitative estimate of drug-likeness (QED) is 0.666. The molecule has 84 valence electrons. The molecule has 16 heavy (non-hydrogen) atoms. The van der Waals surface area contributed by atoms with Gasteiger partial charge in [-0.15, -0.1) is 6.58 Å². The maximum atomic E-state index is 13.3. The van der Waals surface area contributed by atoms with E-state index < -0.39 is 0 Å². The molecule has 2 aromatic rings. The van der Waals surface area contributed by atoms with Crippen molar-refractivity contribution in [1.29, 1.82) is 0 Å². The molecular weight excluding hydrogens is 291 g/mol. The van der Waals surface area contributed by atoms with Crippen LogP contribution in [0.15, 0.2) is 29.3 Å². The highest BCUT2D eigenvalue weighted by molar-refractivity contribution is 9.10. The van der Waals surface area contributed by atoms with Gasteiger partial charge in [-0.05, 0) is 40.6 Å². The number of fused-ring (bicyclic) bond motifs is 1. The van der Waals surface area contributed by atoms with E-state index in [1.807, 2.05) is 10.6 Å². The molecule has 0 saturated carbocycles. The number of halogens is 2. The van der Waals surface area contributed by atoms with Crippen molar-refractivity contribution in [3.05, 3.63) is 39.8 Å². The van der Waals surface area contributed by atoms with Gasteiger partial charge in [-0.2, -0.15) is 0 Å². The van der Waals surface area contributed by atoms with Gasteiger partial charge in [-0.3, -0.25) is 0 Å². The molecule has 5 heteroatoms. The lowest BCUT2D eigenvalue weighted by molar-refractivity contribution is 0.622. The summed E-state index contributed by atoms with van der Waals surface area (Å²) in [6, 6.07) is 3.18. The van der Waals surface area contributed by atoms with E-state index >= 15 is 0 Å². The van der Waals surface area contributed by atoms with Crippen molar-refractivity contribution >= 4 is 39.2 Å². The number of aromatic nitrogens is 2. The van der Waals surface area contributed by atoms with Gasteiger partial charge in [0.1, 0.15) is 5.82 Å². The summed E-state index contributed by atoms with van der Waals surface area (Å²) in [5.74, 6) is -0.292. The van der Waals surface area contributed by atoms with Crippen molar-refractivity contribution in [1.82, 2.24) is 9.55 Å². The molecule has 0 aliphatic carbocycles. The molecule has 1 aromatic carbocycles. The molecule has 2 rings (SSSR count). The van der Waals surface area contributed by atoms with Crippen molar-refractivity contribution in [3.8, 4) is 0 Å². The fraction of sp³-hybridized carbons (Fsp3) is 0.182. The van der Waals surface area contributed by atoms with Crippen LogP contribution in [0.3, 0.4) is 0 Å². The standard InChI is InChI=1S/C11H10BrFN2S/c1-2-3-4-15-10-5-7(12)8(13)6-9(10)14-11(15)16/h2,5-6H,1,3-4H2,(H,14,16). The first kappa shape index (κ1) is 11.5. The van der Waals surface area contributed by atoms with Gasteiger partial charge in [0.05, 0.1) is 15.5 Å². The maximum absolute atomic E-state index is 13.3. The van der Waals surface area contributed by atoms with Crippen LogP contribution in [0.4, 0.5) is 4.39 Å². The van der Waals surface area contributed by atoms with Crippen molar-refractivity contribution in [2.24, 2.45) is 0 Å².